The molecule has 2 heterocycles. The lowest BCUT2D eigenvalue weighted by Crippen LogP contribution is -2.34. The largest absolute Gasteiger partial charge is 0.505 e. The first kappa shape index (κ1) is 28.9. The molecular weight excluding hydrogens is 543 g/mol. The molecule has 1 saturated carbocycles. The topological polar surface area (TPSA) is 91.5 Å². The summed E-state index contributed by atoms with van der Waals surface area (Å²) in [5, 5.41) is 15.0. The van der Waals surface area contributed by atoms with Crippen LogP contribution < -0.4 is 11.1 Å². The van der Waals surface area contributed by atoms with E-state index < -0.39 is 0 Å². The molecule has 0 amide bonds. The average molecular weight is 578 g/mol. The van der Waals surface area contributed by atoms with Crippen LogP contribution in [0, 0.1) is 12.8 Å². The number of hydrogen-bond donors (Lipinski definition) is 3. The zero-order chi connectivity index (χ0) is 26.3. The number of phenols is 1. The highest BCUT2D eigenvalue weighted by Gasteiger charge is 2.27. The molecule has 2 aliphatic rings. The van der Waals surface area contributed by atoms with Crippen molar-refractivity contribution in [2.45, 2.75) is 58.0 Å². The minimum Gasteiger partial charge on any atom is -0.505 e. The van der Waals surface area contributed by atoms with Crippen molar-refractivity contribution in [3.05, 3.63) is 51.6 Å². The monoisotopic (exact) mass is 576 g/mol. The standard InChI is InChI=1S/C29H34Cl2N4O2.ClH/c1-16-9-27-23(12-22(16)19-10-25(30)29(37)26(31)11-19)28(24(13-33-27)17(2)36)34-21-5-3-18(4-6-21)14-35-8-7-20(32)15-35;/h9-13,18,20-21,37H,3-8,14-15,32H2,1-2H3,(H,33,34);1H. The van der Waals surface area contributed by atoms with Gasteiger partial charge in [0.05, 0.1) is 26.8 Å². The average Bonchev–Trinajstić information content (AvgIpc) is 3.27. The number of Topliss-reactive ketones (excluding diaryl/α,β-unsaturated/α-hetero) is 1. The second-order valence-corrected chi connectivity index (χ2v) is 11.6. The minimum atomic E-state index is -0.128. The molecule has 5 rings (SSSR count). The highest BCUT2D eigenvalue weighted by molar-refractivity contribution is 6.37. The third-order valence-corrected chi connectivity index (χ3v) is 8.52. The van der Waals surface area contributed by atoms with Crippen LogP contribution in [0.1, 0.15) is 54.9 Å². The highest BCUT2D eigenvalue weighted by atomic mass is 35.5. The van der Waals surface area contributed by atoms with Crippen molar-refractivity contribution in [2.24, 2.45) is 11.7 Å². The van der Waals surface area contributed by atoms with E-state index in [1.165, 1.54) is 0 Å². The van der Waals surface area contributed by atoms with Gasteiger partial charge in [-0.05, 0) is 99.4 Å². The number of benzene rings is 2. The van der Waals surface area contributed by atoms with Crippen LogP contribution in [0.2, 0.25) is 10.0 Å². The Labute approximate surface area is 240 Å². The molecule has 1 aliphatic heterocycles. The molecule has 2 aromatic carbocycles. The van der Waals surface area contributed by atoms with E-state index in [-0.39, 0.29) is 34.0 Å². The predicted molar refractivity (Wildman–Crippen MR) is 159 cm³/mol. The molecule has 6 nitrogen and oxygen atoms in total. The molecule has 3 aromatic rings. The van der Waals surface area contributed by atoms with E-state index in [1.54, 1.807) is 25.3 Å². The number of pyridine rings is 1. The van der Waals surface area contributed by atoms with E-state index in [9.17, 15) is 9.90 Å². The van der Waals surface area contributed by atoms with Gasteiger partial charge in [-0.3, -0.25) is 9.78 Å². The molecule has 0 radical (unpaired) electrons. The van der Waals surface area contributed by atoms with Crippen LogP contribution >= 0.6 is 35.6 Å². The van der Waals surface area contributed by atoms with Gasteiger partial charge in [0.1, 0.15) is 0 Å². The Balaban J connectivity index is 0.00000336. The number of carbonyl (C=O) groups is 1. The normalized spacial score (nSPS) is 21.9. The number of halogens is 3. The van der Waals surface area contributed by atoms with Crippen LogP contribution in [0.5, 0.6) is 5.75 Å². The smallest absolute Gasteiger partial charge is 0.163 e. The third-order valence-electron chi connectivity index (χ3n) is 7.94. The number of carbonyl (C=O) groups excluding carboxylic acids is 1. The number of nitrogens with two attached hydrogens (primary N) is 1. The number of aromatic hydroxyl groups is 1. The van der Waals surface area contributed by atoms with Gasteiger partial charge in [-0.2, -0.15) is 0 Å². The maximum absolute atomic E-state index is 12.6. The molecular formula is C29H35Cl3N4O2. The fourth-order valence-electron chi connectivity index (χ4n) is 5.88. The quantitative estimate of drug-likeness (QED) is 0.278. The predicted octanol–water partition coefficient (Wildman–Crippen LogP) is 6.85. The van der Waals surface area contributed by atoms with Crippen LogP contribution in [0.3, 0.4) is 0 Å². The van der Waals surface area contributed by atoms with Crippen LogP contribution in [-0.2, 0) is 0 Å². The van der Waals surface area contributed by atoms with Crippen molar-refractivity contribution >= 4 is 58.0 Å². The summed E-state index contributed by atoms with van der Waals surface area (Å²) in [6, 6.07) is 8.11. The molecule has 4 N–H and O–H groups in total. The second kappa shape index (κ2) is 12.0. The van der Waals surface area contributed by atoms with Gasteiger partial charge in [0.25, 0.3) is 0 Å². The van der Waals surface area contributed by atoms with Gasteiger partial charge >= 0.3 is 0 Å². The first-order valence-electron chi connectivity index (χ1n) is 13.1. The van der Waals surface area contributed by atoms with E-state index in [2.05, 4.69) is 15.2 Å². The van der Waals surface area contributed by atoms with Gasteiger partial charge in [0.2, 0.25) is 0 Å². The number of fused-ring (bicyclic) bond motifs is 1. The number of likely N-dealkylation sites (tertiary alicyclic amines) is 1. The lowest BCUT2D eigenvalue weighted by atomic mass is 9.85. The Kier molecular flexibility index (Phi) is 9.11. The third kappa shape index (κ3) is 6.05. The number of hydrogen-bond acceptors (Lipinski definition) is 6. The Bertz CT molecular complexity index is 1320. The summed E-state index contributed by atoms with van der Waals surface area (Å²) in [6.07, 6.45) is 7.24. The molecule has 2 fully saturated rings. The molecule has 0 bridgehead atoms. The molecule has 1 aromatic heterocycles. The second-order valence-electron chi connectivity index (χ2n) is 10.7. The number of phenolic OH excluding ortho intramolecular Hbond substituents is 1. The molecule has 1 unspecified atom stereocenters. The molecule has 1 aliphatic carbocycles. The summed E-state index contributed by atoms with van der Waals surface area (Å²) in [4.78, 5) is 19.7. The van der Waals surface area contributed by atoms with Crippen LogP contribution in [0.15, 0.2) is 30.5 Å². The summed E-state index contributed by atoms with van der Waals surface area (Å²) in [7, 11) is 0. The molecule has 204 valence electrons. The van der Waals surface area contributed by atoms with Gasteiger partial charge in [0, 0.05) is 36.8 Å². The molecule has 1 saturated heterocycles. The van der Waals surface area contributed by atoms with Gasteiger partial charge in [-0.15, -0.1) is 12.4 Å². The van der Waals surface area contributed by atoms with Crippen molar-refractivity contribution in [3.8, 4) is 16.9 Å². The molecule has 1 atom stereocenters. The van der Waals surface area contributed by atoms with Crippen LogP contribution in [0.4, 0.5) is 5.69 Å². The van der Waals surface area contributed by atoms with Gasteiger partial charge < -0.3 is 21.1 Å². The van der Waals surface area contributed by atoms with E-state index >= 15 is 0 Å². The van der Waals surface area contributed by atoms with Crippen molar-refractivity contribution in [3.63, 3.8) is 0 Å². The summed E-state index contributed by atoms with van der Waals surface area (Å²) >= 11 is 12.5. The Morgan fingerprint density at radius 2 is 1.82 bits per heavy atom. The van der Waals surface area contributed by atoms with Crippen molar-refractivity contribution in [1.82, 2.24) is 9.88 Å². The van der Waals surface area contributed by atoms with E-state index in [0.717, 1.165) is 85.0 Å². The highest BCUT2D eigenvalue weighted by Crippen LogP contribution is 2.40. The first-order chi connectivity index (χ1) is 17.7. The van der Waals surface area contributed by atoms with E-state index in [1.807, 2.05) is 19.1 Å². The Morgan fingerprint density at radius 3 is 2.42 bits per heavy atom. The number of anilines is 1. The molecule has 9 heteroatoms. The van der Waals surface area contributed by atoms with Gasteiger partial charge in [-0.25, -0.2) is 0 Å². The van der Waals surface area contributed by atoms with Crippen molar-refractivity contribution in [2.75, 3.05) is 25.0 Å². The zero-order valence-electron chi connectivity index (χ0n) is 21.8. The van der Waals surface area contributed by atoms with Crippen LogP contribution in [-0.4, -0.2) is 52.5 Å². The van der Waals surface area contributed by atoms with Gasteiger partial charge in [-0.1, -0.05) is 23.2 Å². The van der Waals surface area contributed by atoms with E-state index in [0.29, 0.717) is 23.6 Å². The first-order valence-corrected chi connectivity index (χ1v) is 13.8. The number of aromatic nitrogens is 1. The Hall–Kier alpha value is -2.09. The summed E-state index contributed by atoms with van der Waals surface area (Å²) in [6.45, 7) is 6.86. The SMILES string of the molecule is CC(=O)c1cnc2cc(C)c(-c3cc(Cl)c(O)c(Cl)c3)cc2c1NC1CCC(CN2CCC(N)C2)CC1.Cl. The fraction of sp³-hybridized carbons (Fsp3) is 0.448. The number of ketones is 1. The number of nitrogens with one attached hydrogen (secondary N) is 1. The molecule has 0 spiro atoms. The van der Waals surface area contributed by atoms with Crippen LogP contribution in [0.25, 0.3) is 22.0 Å². The number of nitrogens with zero attached hydrogens (tertiary/aromatic N) is 2. The fourth-order valence-corrected chi connectivity index (χ4v) is 6.37. The maximum atomic E-state index is 12.6. The Morgan fingerprint density at radius 1 is 1.13 bits per heavy atom. The van der Waals surface area contributed by atoms with Crippen molar-refractivity contribution < 1.29 is 9.90 Å². The van der Waals surface area contributed by atoms with E-state index in [4.69, 9.17) is 28.9 Å². The summed E-state index contributed by atoms with van der Waals surface area (Å²) in [5.74, 6) is 0.549. The lowest BCUT2D eigenvalue weighted by Gasteiger charge is -2.32. The maximum Gasteiger partial charge on any atom is 0.163 e. The van der Waals surface area contributed by atoms with Gasteiger partial charge in [0.15, 0.2) is 11.5 Å². The number of aryl methyl sites for hydroxylation is 1. The zero-order valence-corrected chi connectivity index (χ0v) is 24.1. The molecule has 38 heavy (non-hydrogen) atoms. The summed E-state index contributed by atoms with van der Waals surface area (Å²) < 4.78 is 0. The minimum absolute atomic E-state index is 0. The lowest BCUT2D eigenvalue weighted by molar-refractivity contribution is 0.101. The van der Waals surface area contributed by atoms with Crippen molar-refractivity contribution in [1.29, 1.82) is 0 Å². The number of rotatable bonds is 6. The summed E-state index contributed by atoms with van der Waals surface area (Å²) in [5.41, 5.74) is 11.1.